The van der Waals surface area contributed by atoms with Gasteiger partial charge in [-0.05, 0) is 84.3 Å². The molecule has 0 aliphatic carbocycles. The maximum atomic E-state index is 5.05. The number of nitrogens with zero attached hydrogens (tertiary/aromatic N) is 2. The van der Waals surface area contributed by atoms with Crippen LogP contribution in [0.4, 0.5) is 0 Å². The molecule has 1 aliphatic rings. The van der Waals surface area contributed by atoms with E-state index in [1.165, 1.54) is 77.3 Å². The van der Waals surface area contributed by atoms with Crippen molar-refractivity contribution >= 4 is 32.6 Å². The van der Waals surface area contributed by atoms with Gasteiger partial charge in [0.2, 0.25) is 0 Å². The summed E-state index contributed by atoms with van der Waals surface area (Å²) in [6.07, 6.45) is 0.888. The van der Waals surface area contributed by atoms with Crippen molar-refractivity contribution in [2.45, 2.75) is 32.6 Å². The summed E-state index contributed by atoms with van der Waals surface area (Å²) in [4.78, 5) is 5.05. The molecule has 1 aromatic heterocycles. The second kappa shape index (κ2) is 10.0. The minimum absolute atomic E-state index is 0.169. The second-order valence-electron chi connectivity index (χ2n) is 13.0. The van der Waals surface area contributed by atoms with Gasteiger partial charge in [0.25, 0.3) is 0 Å². The third-order valence-electron chi connectivity index (χ3n) is 10.1. The number of aryl methyl sites for hydroxylation is 1. The average Bonchev–Trinajstić information content (AvgIpc) is 3.49. The van der Waals surface area contributed by atoms with Gasteiger partial charge in [0.1, 0.15) is 5.82 Å². The first-order chi connectivity index (χ1) is 22.5. The Morgan fingerprint density at radius 2 is 1.07 bits per heavy atom. The lowest BCUT2D eigenvalue weighted by atomic mass is 9.73. The van der Waals surface area contributed by atoms with Crippen LogP contribution in [-0.4, -0.2) is 9.55 Å². The summed E-state index contributed by atoms with van der Waals surface area (Å²) in [5.74, 6) is 1.12. The van der Waals surface area contributed by atoms with Gasteiger partial charge in [0, 0.05) is 11.8 Å². The predicted molar refractivity (Wildman–Crippen MR) is 194 cm³/mol. The molecule has 0 atom stereocenters. The Morgan fingerprint density at radius 3 is 1.70 bits per heavy atom. The first-order valence-electron chi connectivity index (χ1n) is 16.3. The molecule has 0 fully saturated rings. The number of rotatable bonds is 4. The standard InChI is InChI=1S/C44H34N2/c1-4-40-45-38-20-12-19-36-43(38)46(40)39-26-25-31(27-37(39)44(36,2)3)42-34-17-10-8-15-32(34)41(33-16-9-11-18-35(33)42)30-23-21-29(22-24-30)28-13-6-5-7-14-28/h5-27H,4H2,1-3H3. The molecular weight excluding hydrogens is 556 g/mol. The van der Waals surface area contributed by atoms with E-state index in [4.69, 9.17) is 4.98 Å². The van der Waals surface area contributed by atoms with Crippen molar-refractivity contribution in [3.05, 3.63) is 156 Å². The van der Waals surface area contributed by atoms with Crippen LogP contribution in [0.1, 0.15) is 37.7 Å². The molecule has 0 N–H and O–H groups in total. The molecule has 0 saturated carbocycles. The number of para-hydroxylation sites is 1. The molecule has 0 unspecified atom stereocenters. The Balaban J connectivity index is 1.29. The van der Waals surface area contributed by atoms with Crippen molar-refractivity contribution in [1.29, 1.82) is 0 Å². The fourth-order valence-corrected chi connectivity index (χ4v) is 7.92. The molecule has 220 valence electrons. The van der Waals surface area contributed by atoms with E-state index in [1.54, 1.807) is 0 Å². The minimum Gasteiger partial charge on any atom is -0.296 e. The lowest BCUT2D eigenvalue weighted by Gasteiger charge is -2.35. The lowest BCUT2D eigenvalue weighted by Crippen LogP contribution is -2.27. The molecule has 7 aromatic carbocycles. The number of hydrogen-bond acceptors (Lipinski definition) is 1. The number of benzene rings is 7. The van der Waals surface area contributed by atoms with Crippen LogP contribution in [0.5, 0.6) is 0 Å². The van der Waals surface area contributed by atoms with Crippen LogP contribution in [0.2, 0.25) is 0 Å². The molecule has 8 aromatic rings. The highest BCUT2D eigenvalue weighted by Gasteiger charge is 2.35. The molecule has 2 heterocycles. The van der Waals surface area contributed by atoms with E-state index in [9.17, 15) is 0 Å². The fraction of sp³-hybridized carbons (Fsp3) is 0.114. The first-order valence-corrected chi connectivity index (χ1v) is 16.3. The summed E-state index contributed by atoms with van der Waals surface area (Å²) in [5, 5.41) is 5.10. The van der Waals surface area contributed by atoms with Crippen LogP contribution in [0.15, 0.2) is 140 Å². The van der Waals surface area contributed by atoms with Gasteiger partial charge in [-0.3, -0.25) is 4.57 Å². The monoisotopic (exact) mass is 590 g/mol. The van der Waals surface area contributed by atoms with Gasteiger partial charge < -0.3 is 0 Å². The summed E-state index contributed by atoms with van der Waals surface area (Å²) in [5.41, 5.74) is 13.6. The summed E-state index contributed by atoms with van der Waals surface area (Å²) >= 11 is 0. The summed E-state index contributed by atoms with van der Waals surface area (Å²) in [6, 6.07) is 51.3. The molecular formula is C44H34N2. The zero-order valence-electron chi connectivity index (χ0n) is 26.4. The van der Waals surface area contributed by atoms with Gasteiger partial charge in [0.15, 0.2) is 0 Å². The summed E-state index contributed by atoms with van der Waals surface area (Å²) in [7, 11) is 0. The Morgan fingerprint density at radius 1 is 0.522 bits per heavy atom. The zero-order chi connectivity index (χ0) is 31.0. The SMILES string of the molecule is CCc1nc2cccc3c2n1-c1ccc(-c2c4ccccc4c(-c4ccc(-c5ccccc5)cc4)c4ccccc24)cc1C3(C)C. The van der Waals surface area contributed by atoms with Crippen molar-refractivity contribution in [1.82, 2.24) is 9.55 Å². The third kappa shape index (κ3) is 3.80. The number of aromatic nitrogens is 2. The van der Waals surface area contributed by atoms with Gasteiger partial charge >= 0.3 is 0 Å². The highest BCUT2D eigenvalue weighted by molar-refractivity contribution is 6.21. The van der Waals surface area contributed by atoms with E-state index in [1.807, 2.05) is 0 Å². The van der Waals surface area contributed by atoms with Crippen molar-refractivity contribution in [3.8, 4) is 39.1 Å². The highest BCUT2D eigenvalue weighted by Crippen LogP contribution is 2.48. The zero-order valence-corrected chi connectivity index (χ0v) is 26.4. The topological polar surface area (TPSA) is 17.8 Å². The van der Waals surface area contributed by atoms with Crippen molar-refractivity contribution in [2.75, 3.05) is 0 Å². The van der Waals surface area contributed by atoms with Gasteiger partial charge in [0.05, 0.1) is 16.7 Å². The van der Waals surface area contributed by atoms with Crippen molar-refractivity contribution < 1.29 is 0 Å². The third-order valence-corrected chi connectivity index (χ3v) is 10.1. The van der Waals surface area contributed by atoms with E-state index in [0.717, 1.165) is 17.8 Å². The van der Waals surface area contributed by atoms with Crippen LogP contribution in [0, 0.1) is 0 Å². The second-order valence-corrected chi connectivity index (χ2v) is 13.0. The van der Waals surface area contributed by atoms with Gasteiger partial charge in [-0.2, -0.15) is 0 Å². The fourth-order valence-electron chi connectivity index (χ4n) is 7.92. The Kier molecular flexibility index (Phi) is 5.86. The molecule has 46 heavy (non-hydrogen) atoms. The Bertz CT molecular complexity index is 2410. The molecule has 0 spiro atoms. The molecule has 2 nitrogen and oxygen atoms in total. The normalized spacial score (nSPS) is 13.4. The molecule has 1 aliphatic heterocycles. The Labute approximate surface area is 269 Å². The number of hydrogen-bond donors (Lipinski definition) is 0. The summed E-state index contributed by atoms with van der Waals surface area (Å²) < 4.78 is 2.41. The van der Waals surface area contributed by atoms with E-state index in [-0.39, 0.29) is 5.41 Å². The summed E-state index contributed by atoms with van der Waals surface area (Å²) in [6.45, 7) is 6.93. The molecule has 0 radical (unpaired) electrons. The molecule has 0 amide bonds. The van der Waals surface area contributed by atoms with Crippen LogP contribution in [-0.2, 0) is 11.8 Å². The number of fused-ring (bicyclic) bond motifs is 4. The molecule has 9 rings (SSSR count). The van der Waals surface area contributed by atoms with Crippen LogP contribution in [0.3, 0.4) is 0 Å². The maximum Gasteiger partial charge on any atom is 0.114 e. The smallest absolute Gasteiger partial charge is 0.114 e. The van der Waals surface area contributed by atoms with Crippen LogP contribution < -0.4 is 0 Å². The van der Waals surface area contributed by atoms with E-state index < -0.39 is 0 Å². The molecule has 0 bridgehead atoms. The van der Waals surface area contributed by atoms with Gasteiger partial charge in [-0.1, -0.05) is 142 Å². The van der Waals surface area contributed by atoms with Crippen LogP contribution in [0.25, 0.3) is 71.6 Å². The maximum absolute atomic E-state index is 5.05. The van der Waals surface area contributed by atoms with E-state index in [2.05, 4.69) is 165 Å². The van der Waals surface area contributed by atoms with E-state index in [0.29, 0.717) is 0 Å². The van der Waals surface area contributed by atoms with E-state index >= 15 is 0 Å². The first kappa shape index (κ1) is 26.9. The molecule has 2 heteroatoms. The van der Waals surface area contributed by atoms with Gasteiger partial charge in [-0.25, -0.2) is 4.98 Å². The minimum atomic E-state index is -0.169. The highest BCUT2D eigenvalue weighted by atomic mass is 15.1. The Hall–Kier alpha value is -5.47. The quantitative estimate of drug-likeness (QED) is 0.186. The van der Waals surface area contributed by atoms with Crippen molar-refractivity contribution in [2.24, 2.45) is 0 Å². The van der Waals surface area contributed by atoms with Gasteiger partial charge in [-0.15, -0.1) is 0 Å². The van der Waals surface area contributed by atoms with Crippen molar-refractivity contribution in [3.63, 3.8) is 0 Å². The number of imidazole rings is 1. The molecule has 0 saturated heterocycles. The average molecular weight is 591 g/mol. The largest absolute Gasteiger partial charge is 0.296 e. The van der Waals surface area contributed by atoms with Crippen LogP contribution >= 0.6 is 0 Å². The predicted octanol–water partition coefficient (Wildman–Crippen LogP) is 11.5. The lowest BCUT2D eigenvalue weighted by molar-refractivity contribution is 0.625.